The first kappa shape index (κ1) is 16.3. The molecule has 8 heteroatoms. The molecule has 0 aliphatic carbocycles. The standard InChI is InChI=1S/C14H18N2O5S/c1-19-12-5-6-13(20-2)14(8-12)22(17,18)16-7-3-4-11-9-15-21-10-11/h5-6,8-10,16H,3-4,7H2,1-2H3. The number of methoxy groups -OCH3 is 2. The lowest BCUT2D eigenvalue weighted by atomic mass is 10.2. The van der Waals surface area contributed by atoms with Gasteiger partial charge in [-0.1, -0.05) is 5.16 Å². The van der Waals surface area contributed by atoms with Crippen molar-refractivity contribution >= 4 is 10.0 Å². The van der Waals surface area contributed by atoms with Crippen LogP contribution in [0.1, 0.15) is 12.0 Å². The zero-order chi connectivity index (χ0) is 16.0. The summed E-state index contributed by atoms with van der Waals surface area (Å²) in [7, 11) is -0.771. The van der Waals surface area contributed by atoms with Crippen molar-refractivity contribution in [2.75, 3.05) is 20.8 Å². The van der Waals surface area contributed by atoms with Gasteiger partial charge < -0.3 is 14.0 Å². The van der Waals surface area contributed by atoms with Crippen LogP contribution < -0.4 is 14.2 Å². The molecule has 0 saturated carbocycles. The van der Waals surface area contributed by atoms with Crippen molar-refractivity contribution in [3.05, 3.63) is 36.2 Å². The Hall–Kier alpha value is -2.06. The minimum Gasteiger partial charge on any atom is -0.497 e. The molecule has 0 saturated heterocycles. The summed E-state index contributed by atoms with van der Waals surface area (Å²) in [6.45, 7) is 0.299. The van der Waals surface area contributed by atoms with E-state index >= 15 is 0 Å². The number of aromatic nitrogens is 1. The first-order valence-corrected chi connectivity index (χ1v) is 8.15. The van der Waals surface area contributed by atoms with Crippen molar-refractivity contribution in [2.24, 2.45) is 0 Å². The van der Waals surface area contributed by atoms with E-state index in [-0.39, 0.29) is 10.6 Å². The molecule has 120 valence electrons. The van der Waals surface area contributed by atoms with Crippen LogP contribution in [0.25, 0.3) is 0 Å². The molecule has 0 bridgehead atoms. The summed E-state index contributed by atoms with van der Waals surface area (Å²) in [5.74, 6) is 0.720. The zero-order valence-electron chi connectivity index (χ0n) is 12.4. The minimum atomic E-state index is -3.67. The maximum absolute atomic E-state index is 12.4. The van der Waals surface area contributed by atoms with Gasteiger partial charge in [0.25, 0.3) is 0 Å². The summed E-state index contributed by atoms with van der Waals surface area (Å²) < 4.78 is 42.2. The Morgan fingerprint density at radius 2 is 2.09 bits per heavy atom. The van der Waals surface area contributed by atoms with Gasteiger partial charge in [0, 0.05) is 18.2 Å². The van der Waals surface area contributed by atoms with Crippen LogP contribution in [-0.4, -0.2) is 34.3 Å². The summed E-state index contributed by atoms with van der Waals surface area (Å²) in [4.78, 5) is 0.0549. The maximum Gasteiger partial charge on any atom is 0.244 e. The van der Waals surface area contributed by atoms with E-state index in [0.717, 1.165) is 5.56 Å². The molecule has 0 atom stereocenters. The van der Waals surface area contributed by atoms with E-state index in [1.54, 1.807) is 24.6 Å². The Labute approximate surface area is 129 Å². The molecule has 0 amide bonds. The second kappa shape index (κ2) is 7.28. The molecule has 1 aromatic heterocycles. The van der Waals surface area contributed by atoms with E-state index < -0.39 is 10.0 Å². The van der Waals surface area contributed by atoms with E-state index in [1.165, 1.54) is 20.3 Å². The molecule has 7 nitrogen and oxygen atoms in total. The van der Waals surface area contributed by atoms with E-state index in [0.29, 0.717) is 25.1 Å². The minimum absolute atomic E-state index is 0.0549. The van der Waals surface area contributed by atoms with Crippen LogP contribution in [0.2, 0.25) is 0 Å². The van der Waals surface area contributed by atoms with Gasteiger partial charge in [0.1, 0.15) is 22.7 Å². The van der Waals surface area contributed by atoms with Gasteiger partial charge in [-0.15, -0.1) is 0 Å². The van der Waals surface area contributed by atoms with Gasteiger partial charge in [-0.05, 0) is 25.0 Å². The van der Waals surface area contributed by atoms with Gasteiger partial charge in [-0.3, -0.25) is 0 Å². The Kier molecular flexibility index (Phi) is 5.40. The third-order valence-corrected chi connectivity index (χ3v) is 4.56. The number of rotatable bonds is 8. The molecule has 0 radical (unpaired) electrons. The molecule has 2 rings (SSSR count). The van der Waals surface area contributed by atoms with Gasteiger partial charge in [-0.2, -0.15) is 0 Å². The average Bonchev–Trinajstić information content (AvgIpc) is 3.04. The number of ether oxygens (including phenoxy) is 2. The lowest BCUT2D eigenvalue weighted by Gasteiger charge is -2.12. The summed E-state index contributed by atoms with van der Waals surface area (Å²) >= 11 is 0. The maximum atomic E-state index is 12.4. The van der Waals surface area contributed by atoms with Gasteiger partial charge in [0.05, 0.1) is 20.4 Å². The van der Waals surface area contributed by atoms with Crippen LogP contribution >= 0.6 is 0 Å². The van der Waals surface area contributed by atoms with E-state index in [1.807, 2.05) is 0 Å². The summed E-state index contributed by atoms with van der Waals surface area (Å²) in [5.41, 5.74) is 0.929. The Morgan fingerprint density at radius 3 is 2.73 bits per heavy atom. The first-order valence-electron chi connectivity index (χ1n) is 6.67. The highest BCUT2D eigenvalue weighted by Crippen LogP contribution is 2.27. The number of nitrogens with zero attached hydrogens (tertiary/aromatic N) is 1. The van der Waals surface area contributed by atoms with Gasteiger partial charge in [-0.25, -0.2) is 13.1 Å². The molecule has 0 spiro atoms. The quantitative estimate of drug-likeness (QED) is 0.741. The largest absolute Gasteiger partial charge is 0.497 e. The summed E-state index contributed by atoms with van der Waals surface area (Å²) in [6, 6.07) is 4.63. The van der Waals surface area contributed by atoms with Gasteiger partial charge >= 0.3 is 0 Å². The summed E-state index contributed by atoms with van der Waals surface area (Å²) in [5, 5.41) is 3.59. The zero-order valence-corrected chi connectivity index (χ0v) is 13.2. The van der Waals surface area contributed by atoms with Crippen LogP contribution in [0.5, 0.6) is 11.5 Å². The molecular weight excluding hydrogens is 308 g/mol. The number of hydrogen-bond donors (Lipinski definition) is 1. The number of aryl methyl sites for hydroxylation is 1. The average molecular weight is 326 g/mol. The molecule has 0 aliphatic rings. The molecule has 22 heavy (non-hydrogen) atoms. The second-order valence-electron chi connectivity index (χ2n) is 4.55. The molecule has 2 aromatic rings. The second-order valence-corrected chi connectivity index (χ2v) is 6.29. The smallest absolute Gasteiger partial charge is 0.244 e. The molecule has 1 heterocycles. The van der Waals surface area contributed by atoms with E-state index in [9.17, 15) is 8.42 Å². The van der Waals surface area contributed by atoms with Crippen molar-refractivity contribution in [1.82, 2.24) is 9.88 Å². The number of nitrogens with one attached hydrogen (secondary N) is 1. The fraction of sp³-hybridized carbons (Fsp3) is 0.357. The normalized spacial score (nSPS) is 11.4. The molecule has 1 aromatic carbocycles. The van der Waals surface area contributed by atoms with E-state index in [2.05, 4.69) is 9.88 Å². The topological polar surface area (TPSA) is 90.7 Å². The highest BCUT2D eigenvalue weighted by molar-refractivity contribution is 7.89. The van der Waals surface area contributed by atoms with Crippen molar-refractivity contribution in [1.29, 1.82) is 0 Å². The summed E-state index contributed by atoms with van der Waals surface area (Å²) in [6.07, 6.45) is 4.47. The molecule has 0 unspecified atom stereocenters. The van der Waals surface area contributed by atoms with E-state index in [4.69, 9.17) is 14.0 Å². The highest BCUT2D eigenvalue weighted by atomic mass is 32.2. The number of hydrogen-bond acceptors (Lipinski definition) is 6. The molecular formula is C14H18N2O5S. The van der Waals surface area contributed by atoms with Crippen LogP contribution in [0.15, 0.2) is 40.1 Å². The van der Waals surface area contributed by atoms with Crippen LogP contribution in [0, 0.1) is 0 Å². The molecule has 0 aliphatic heterocycles. The fourth-order valence-corrected chi connectivity index (χ4v) is 3.18. The number of benzene rings is 1. The van der Waals surface area contributed by atoms with Crippen molar-refractivity contribution in [3.8, 4) is 11.5 Å². The number of sulfonamides is 1. The predicted molar refractivity (Wildman–Crippen MR) is 79.6 cm³/mol. The molecule has 0 fully saturated rings. The van der Waals surface area contributed by atoms with Crippen LogP contribution in [0.3, 0.4) is 0 Å². The van der Waals surface area contributed by atoms with Crippen LogP contribution in [0.4, 0.5) is 0 Å². The van der Waals surface area contributed by atoms with Crippen molar-refractivity contribution in [2.45, 2.75) is 17.7 Å². The fourth-order valence-electron chi connectivity index (χ4n) is 1.92. The lowest BCUT2D eigenvalue weighted by molar-refractivity contribution is 0.392. The Balaban J connectivity index is 2.03. The van der Waals surface area contributed by atoms with Gasteiger partial charge in [0.2, 0.25) is 10.0 Å². The predicted octanol–water partition coefficient (Wildman–Crippen LogP) is 1.60. The Bertz CT molecular complexity index is 698. The lowest BCUT2D eigenvalue weighted by Crippen LogP contribution is -2.25. The van der Waals surface area contributed by atoms with Crippen molar-refractivity contribution < 1.29 is 22.4 Å². The highest BCUT2D eigenvalue weighted by Gasteiger charge is 2.20. The monoisotopic (exact) mass is 326 g/mol. The third kappa shape index (κ3) is 3.99. The first-order chi connectivity index (χ1) is 10.6. The van der Waals surface area contributed by atoms with Crippen LogP contribution in [-0.2, 0) is 16.4 Å². The SMILES string of the molecule is COc1ccc(OC)c(S(=O)(=O)NCCCc2cnoc2)c1. The Morgan fingerprint density at radius 1 is 1.27 bits per heavy atom. The third-order valence-electron chi connectivity index (χ3n) is 3.08. The van der Waals surface area contributed by atoms with Gasteiger partial charge in [0.15, 0.2) is 0 Å². The van der Waals surface area contributed by atoms with Crippen molar-refractivity contribution in [3.63, 3.8) is 0 Å². The molecule has 1 N–H and O–H groups in total.